The summed E-state index contributed by atoms with van der Waals surface area (Å²) in [6.07, 6.45) is 4.89. The lowest BCUT2D eigenvalue weighted by atomic mass is 9.49. The van der Waals surface area contributed by atoms with Crippen molar-refractivity contribution in [1.29, 1.82) is 0 Å². The maximum Gasteiger partial charge on any atom is 0.174 e. The Labute approximate surface area is 161 Å². The second-order valence-corrected chi connectivity index (χ2v) is 8.61. The van der Waals surface area contributed by atoms with Crippen LogP contribution in [0.2, 0.25) is 0 Å². The summed E-state index contributed by atoms with van der Waals surface area (Å²) >= 11 is 0. The van der Waals surface area contributed by atoms with Crippen molar-refractivity contribution in [2.24, 2.45) is 0 Å². The lowest BCUT2D eigenvalue weighted by Gasteiger charge is -2.64. The molecule has 1 aromatic carbocycles. The number of methoxy groups -OCH3 is 1. The summed E-state index contributed by atoms with van der Waals surface area (Å²) in [5.41, 5.74) is 1.79. The smallest absolute Gasteiger partial charge is 0.174 e. The molecule has 2 aliphatic carbocycles. The van der Waals surface area contributed by atoms with Gasteiger partial charge in [0.2, 0.25) is 0 Å². The first-order valence-corrected chi connectivity index (χ1v) is 10.3. The Hall–Kier alpha value is -1.59. The molecule has 0 radical (unpaired) electrons. The molecule has 5 heteroatoms. The predicted molar refractivity (Wildman–Crippen MR) is 102 cm³/mol. The highest BCUT2D eigenvalue weighted by atomic mass is 16.5. The van der Waals surface area contributed by atoms with Gasteiger partial charge in [-0.3, -0.25) is 4.79 Å². The Morgan fingerprint density at radius 2 is 2.19 bits per heavy atom. The van der Waals surface area contributed by atoms with Gasteiger partial charge in [0.05, 0.1) is 18.1 Å². The third-order valence-electron chi connectivity index (χ3n) is 7.55. The van der Waals surface area contributed by atoms with Crippen LogP contribution in [-0.4, -0.2) is 55.7 Å². The monoisotopic (exact) mass is 371 g/mol. The fourth-order valence-electron chi connectivity index (χ4n) is 6.35. The molecule has 1 aromatic rings. The van der Waals surface area contributed by atoms with Crippen LogP contribution in [0, 0.1) is 0 Å². The van der Waals surface area contributed by atoms with Gasteiger partial charge in [0.25, 0.3) is 0 Å². The zero-order chi connectivity index (χ0) is 18.8. The zero-order valence-corrected chi connectivity index (χ0v) is 16.5. The Bertz CT molecular complexity index is 793. The molecular weight excluding hydrogens is 342 g/mol. The van der Waals surface area contributed by atoms with Crippen molar-refractivity contribution in [1.82, 2.24) is 4.90 Å². The number of hydrogen-bond donors (Lipinski definition) is 0. The highest BCUT2D eigenvalue weighted by Gasteiger charge is 2.73. The largest absolute Gasteiger partial charge is 0.493 e. The number of rotatable bonds is 5. The van der Waals surface area contributed by atoms with Crippen LogP contribution in [0.1, 0.15) is 50.2 Å². The number of likely N-dealkylation sites (tertiary alicyclic amines) is 1. The minimum absolute atomic E-state index is 0.221. The highest BCUT2D eigenvalue weighted by Crippen LogP contribution is 2.65. The van der Waals surface area contributed by atoms with Crippen molar-refractivity contribution in [3.63, 3.8) is 0 Å². The first kappa shape index (κ1) is 17.5. The minimum atomic E-state index is -0.436. The number of benzene rings is 1. The van der Waals surface area contributed by atoms with E-state index in [-0.39, 0.29) is 22.8 Å². The average Bonchev–Trinajstić information content (AvgIpc) is 3.03. The van der Waals surface area contributed by atoms with Crippen molar-refractivity contribution >= 4 is 5.78 Å². The number of carbonyl (C=O) groups is 1. The van der Waals surface area contributed by atoms with Gasteiger partial charge in [-0.2, -0.15) is 0 Å². The van der Waals surface area contributed by atoms with Crippen molar-refractivity contribution in [3.05, 3.63) is 23.3 Å². The maximum absolute atomic E-state index is 13.0. The van der Waals surface area contributed by atoms with Gasteiger partial charge in [-0.15, -0.1) is 0 Å². The van der Waals surface area contributed by atoms with Gasteiger partial charge in [0.1, 0.15) is 0 Å². The van der Waals surface area contributed by atoms with E-state index in [1.807, 2.05) is 6.07 Å². The first-order valence-electron chi connectivity index (χ1n) is 10.3. The van der Waals surface area contributed by atoms with Gasteiger partial charge in [-0.05, 0) is 50.9 Å². The maximum atomic E-state index is 13.0. The van der Waals surface area contributed by atoms with E-state index < -0.39 is 6.10 Å². The summed E-state index contributed by atoms with van der Waals surface area (Å²) in [4.78, 5) is 15.5. The molecule has 0 amide bonds. The molecule has 2 aliphatic heterocycles. The van der Waals surface area contributed by atoms with Gasteiger partial charge in [0.15, 0.2) is 23.4 Å². The third kappa shape index (κ3) is 1.99. The van der Waals surface area contributed by atoms with Gasteiger partial charge in [-0.25, -0.2) is 0 Å². The van der Waals surface area contributed by atoms with Crippen molar-refractivity contribution in [3.8, 4) is 11.5 Å². The lowest BCUT2D eigenvalue weighted by molar-refractivity contribution is -0.210. The standard InChI is InChI=1S/C22H29NO4/c1-4-5-12-26-22-9-8-15(24)20-21(22)10-11-23(2)17(22)13-14-6-7-16(25-3)19(27-20)18(14)21/h6-7,17,20H,4-5,8-13H2,1-3H3/t17-,20+,21+,22-/m1/s1. The second-order valence-electron chi connectivity index (χ2n) is 8.61. The molecule has 27 heavy (non-hydrogen) atoms. The summed E-state index contributed by atoms with van der Waals surface area (Å²) in [7, 11) is 3.88. The quantitative estimate of drug-likeness (QED) is 0.745. The van der Waals surface area contributed by atoms with Gasteiger partial charge in [0, 0.05) is 24.6 Å². The molecule has 0 N–H and O–H groups in total. The molecule has 5 rings (SSSR count). The predicted octanol–water partition coefficient (Wildman–Crippen LogP) is 2.87. The fourth-order valence-corrected chi connectivity index (χ4v) is 6.35. The average molecular weight is 371 g/mol. The second kappa shape index (κ2) is 5.95. The van der Waals surface area contributed by atoms with E-state index in [0.717, 1.165) is 56.8 Å². The molecule has 2 heterocycles. The molecule has 1 spiro atoms. The first-order chi connectivity index (χ1) is 13.1. The van der Waals surface area contributed by atoms with Gasteiger partial charge < -0.3 is 19.1 Å². The molecule has 4 atom stereocenters. The number of Topliss-reactive ketones (excluding diaryl/α,β-unsaturated/α-hetero) is 1. The van der Waals surface area contributed by atoms with Crippen LogP contribution in [0.25, 0.3) is 0 Å². The normalized spacial score (nSPS) is 36.3. The Balaban J connectivity index is 1.75. The van der Waals surface area contributed by atoms with Crippen LogP contribution in [0.3, 0.4) is 0 Å². The Kier molecular flexibility index (Phi) is 3.86. The number of ether oxygens (including phenoxy) is 3. The van der Waals surface area contributed by atoms with Crippen LogP contribution in [0.5, 0.6) is 11.5 Å². The molecule has 0 aromatic heterocycles. The summed E-state index contributed by atoms with van der Waals surface area (Å²) in [5.74, 6) is 1.76. The molecule has 5 nitrogen and oxygen atoms in total. The van der Waals surface area contributed by atoms with Crippen molar-refractivity contribution in [2.75, 3.05) is 27.3 Å². The summed E-state index contributed by atoms with van der Waals surface area (Å²) < 4.78 is 18.8. The number of ketones is 1. The molecule has 146 valence electrons. The number of nitrogens with zero attached hydrogens (tertiary/aromatic N) is 1. The van der Waals surface area contributed by atoms with E-state index >= 15 is 0 Å². The van der Waals surface area contributed by atoms with Crippen molar-refractivity contribution < 1.29 is 19.0 Å². The molecular formula is C22H29NO4. The SMILES string of the molecule is CCCCO[C@@]12CCC(=O)[C@@H]3Oc4c(OC)ccc5c4[C@@]31CCN(C)[C@@H]2C5. The summed E-state index contributed by atoms with van der Waals surface area (Å²) in [6.45, 7) is 3.90. The van der Waals surface area contributed by atoms with E-state index in [4.69, 9.17) is 14.2 Å². The van der Waals surface area contributed by atoms with E-state index in [9.17, 15) is 4.79 Å². The van der Waals surface area contributed by atoms with E-state index in [2.05, 4.69) is 24.9 Å². The van der Waals surface area contributed by atoms with Gasteiger partial charge in [-0.1, -0.05) is 19.4 Å². The van der Waals surface area contributed by atoms with E-state index in [1.165, 1.54) is 11.1 Å². The fraction of sp³-hybridized carbons (Fsp3) is 0.682. The van der Waals surface area contributed by atoms with E-state index in [1.54, 1.807) is 7.11 Å². The van der Waals surface area contributed by atoms with Gasteiger partial charge >= 0.3 is 0 Å². The summed E-state index contributed by atoms with van der Waals surface area (Å²) in [6, 6.07) is 4.45. The third-order valence-corrected chi connectivity index (χ3v) is 7.55. The Morgan fingerprint density at radius 1 is 1.33 bits per heavy atom. The van der Waals surface area contributed by atoms with Crippen LogP contribution < -0.4 is 9.47 Å². The zero-order valence-electron chi connectivity index (χ0n) is 16.5. The number of likely N-dealkylation sites (N-methyl/N-ethyl adjacent to an activating group) is 1. The minimum Gasteiger partial charge on any atom is -0.493 e. The van der Waals surface area contributed by atoms with Crippen LogP contribution in [0.15, 0.2) is 12.1 Å². The number of unbranched alkanes of at least 4 members (excludes halogenated alkanes) is 1. The topological polar surface area (TPSA) is 48.0 Å². The lowest BCUT2D eigenvalue weighted by Crippen LogP contribution is -2.77. The molecule has 2 bridgehead atoms. The van der Waals surface area contributed by atoms with Crippen molar-refractivity contribution in [2.45, 2.75) is 68.6 Å². The highest BCUT2D eigenvalue weighted by molar-refractivity contribution is 5.90. The number of hydrogen-bond acceptors (Lipinski definition) is 5. The van der Waals surface area contributed by atoms with Crippen LogP contribution >= 0.6 is 0 Å². The van der Waals surface area contributed by atoms with Crippen LogP contribution in [-0.2, 0) is 21.4 Å². The van der Waals surface area contributed by atoms with Crippen LogP contribution in [0.4, 0.5) is 0 Å². The molecule has 0 unspecified atom stereocenters. The molecule has 1 saturated carbocycles. The van der Waals surface area contributed by atoms with E-state index in [0.29, 0.717) is 6.42 Å². The number of piperidine rings is 1. The molecule has 1 saturated heterocycles. The number of carbonyl (C=O) groups excluding carboxylic acids is 1. The molecule has 4 aliphatic rings. The molecule has 2 fully saturated rings. The Morgan fingerprint density at radius 3 is 2.96 bits per heavy atom. The summed E-state index contributed by atoms with van der Waals surface area (Å²) in [5, 5.41) is 0.